The third-order valence-electron chi connectivity index (χ3n) is 2.81. The molecule has 1 saturated heterocycles. The molecular weight excluding hydrogens is 238 g/mol. The highest BCUT2D eigenvalue weighted by molar-refractivity contribution is 5.81. The Morgan fingerprint density at radius 2 is 2.17 bits per heavy atom. The molecule has 100 valence electrons. The Hall–Kier alpha value is -1.85. The summed E-state index contributed by atoms with van der Waals surface area (Å²) in [4.78, 5) is 34.9. The van der Waals surface area contributed by atoms with Crippen LogP contribution in [0.25, 0.3) is 0 Å². The molecule has 6 heteroatoms. The molecule has 1 heterocycles. The van der Waals surface area contributed by atoms with Gasteiger partial charge in [-0.25, -0.2) is 9.59 Å². The maximum Gasteiger partial charge on any atom is 0.410 e. The number of likely N-dealkylation sites (tertiary alicyclic amines) is 1. The monoisotopic (exact) mass is 255 g/mol. The SMILES string of the molecule is C=CCOC(=O)N1C[C@H](CC(C)=O)C[C@H]1C(=O)O. The molecule has 1 aliphatic heterocycles. The summed E-state index contributed by atoms with van der Waals surface area (Å²) in [6.45, 7) is 5.15. The van der Waals surface area contributed by atoms with Gasteiger partial charge in [-0.15, -0.1) is 0 Å². The number of ketones is 1. The molecule has 0 radical (unpaired) electrons. The van der Waals surface area contributed by atoms with Crippen molar-refractivity contribution >= 4 is 17.8 Å². The zero-order valence-electron chi connectivity index (χ0n) is 10.3. The summed E-state index contributed by atoms with van der Waals surface area (Å²) in [6.07, 6.45) is 1.32. The third kappa shape index (κ3) is 3.58. The Kier molecular flexibility index (Phi) is 4.88. The van der Waals surface area contributed by atoms with E-state index in [1.165, 1.54) is 17.9 Å². The van der Waals surface area contributed by atoms with E-state index in [1.54, 1.807) is 0 Å². The zero-order valence-corrected chi connectivity index (χ0v) is 10.3. The van der Waals surface area contributed by atoms with Crippen LogP contribution in [0, 0.1) is 5.92 Å². The first kappa shape index (κ1) is 14.2. The highest BCUT2D eigenvalue weighted by Crippen LogP contribution is 2.26. The topological polar surface area (TPSA) is 83.9 Å². The standard InChI is InChI=1S/C12H17NO5/c1-3-4-18-12(17)13-7-9(5-8(2)14)6-10(13)11(15)16/h3,9-10H,1,4-7H2,2H3,(H,15,16)/t9-,10+/m1/s1. The Balaban J connectivity index is 2.68. The summed E-state index contributed by atoms with van der Waals surface area (Å²) in [5.41, 5.74) is 0. The maximum absolute atomic E-state index is 11.7. The molecule has 0 aromatic heterocycles. The van der Waals surface area contributed by atoms with Crippen molar-refractivity contribution in [3.63, 3.8) is 0 Å². The lowest BCUT2D eigenvalue weighted by atomic mass is 10.00. The van der Waals surface area contributed by atoms with Crippen LogP contribution in [0.3, 0.4) is 0 Å². The summed E-state index contributed by atoms with van der Waals surface area (Å²) in [5, 5.41) is 9.06. The van der Waals surface area contributed by atoms with Crippen molar-refractivity contribution in [2.24, 2.45) is 5.92 Å². The van der Waals surface area contributed by atoms with Gasteiger partial charge in [0, 0.05) is 13.0 Å². The molecule has 0 aromatic carbocycles. The molecule has 0 unspecified atom stereocenters. The Morgan fingerprint density at radius 3 is 2.67 bits per heavy atom. The molecular formula is C12H17NO5. The van der Waals surface area contributed by atoms with Gasteiger partial charge in [-0.3, -0.25) is 4.90 Å². The lowest BCUT2D eigenvalue weighted by molar-refractivity contribution is -0.141. The van der Waals surface area contributed by atoms with Gasteiger partial charge in [0.25, 0.3) is 0 Å². The molecule has 18 heavy (non-hydrogen) atoms. The molecule has 1 aliphatic rings. The van der Waals surface area contributed by atoms with Crippen molar-refractivity contribution in [2.45, 2.75) is 25.8 Å². The van der Waals surface area contributed by atoms with Gasteiger partial charge in [-0.1, -0.05) is 12.7 Å². The van der Waals surface area contributed by atoms with E-state index in [2.05, 4.69) is 6.58 Å². The summed E-state index contributed by atoms with van der Waals surface area (Å²) < 4.78 is 4.83. The average Bonchev–Trinajstić information content (AvgIpc) is 2.69. The predicted octanol–water partition coefficient (Wildman–Crippen LogP) is 1.06. The lowest BCUT2D eigenvalue weighted by Gasteiger charge is -2.20. The molecule has 0 saturated carbocycles. The van der Waals surface area contributed by atoms with E-state index in [1.807, 2.05) is 0 Å². The number of carboxylic acid groups (broad SMARTS) is 1. The molecule has 0 aromatic rings. The lowest BCUT2D eigenvalue weighted by Crippen LogP contribution is -2.40. The number of carboxylic acids is 1. The summed E-state index contributed by atoms with van der Waals surface area (Å²) in [6, 6.07) is -0.910. The number of nitrogens with zero attached hydrogens (tertiary/aromatic N) is 1. The van der Waals surface area contributed by atoms with Gasteiger partial charge in [0.1, 0.15) is 18.4 Å². The van der Waals surface area contributed by atoms with Crippen molar-refractivity contribution in [3.8, 4) is 0 Å². The fraction of sp³-hybridized carbons (Fsp3) is 0.583. The average molecular weight is 255 g/mol. The second-order valence-electron chi connectivity index (χ2n) is 4.38. The number of rotatable bonds is 5. The number of hydrogen-bond donors (Lipinski definition) is 1. The third-order valence-corrected chi connectivity index (χ3v) is 2.81. The van der Waals surface area contributed by atoms with Crippen LogP contribution in [0.1, 0.15) is 19.8 Å². The van der Waals surface area contributed by atoms with E-state index in [0.717, 1.165) is 0 Å². The van der Waals surface area contributed by atoms with Crippen LogP contribution in [0.5, 0.6) is 0 Å². The van der Waals surface area contributed by atoms with Crippen LogP contribution in [0.4, 0.5) is 4.79 Å². The molecule has 0 aliphatic carbocycles. The summed E-state index contributed by atoms with van der Waals surface area (Å²) in [7, 11) is 0. The van der Waals surface area contributed by atoms with E-state index in [0.29, 0.717) is 0 Å². The Labute approximate surface area is 105 Å². The smallest absolute Gasteiger partial charge is 0.410 e. The van der Waals surface area contributed by atoms with E-state index in [9.17, 15) is 14.4 Å². The number of amides is 1. The summed E-state index contributed by atoms with van der Waals surface area (Å²) in [5.74, 6) is -1.19. The first-order valence-electron chi connectivity index (χ1n) is 5.72. The fourth-order valence-electron chi connectivity index (χ4n) is 2.13. The van der Waals surface area contributed by atoms with Gasteiger partial charge in [0.05, 0.1) is 0 Å². The number of carbonyl (C=O) groups excluding carboxylic acids is 2. The van der Waals surface area contributed by atoms with Crippen LogP contribution in [0.15, 0.2) is 12.7 Å². The molecule has 2 atom stereocenters. The van der Waals surface area contributed by atoms with Crippen molar-refractivity contribution in [3.05, 3.63) is 12.7 Å². The highest BCUT2D eigenvalue weighted by Gasteiger charge is 2.40. The van der Waals surface area contributed by atoms with Crippen LogP contribution in [0.2, 0.25) is 0 Å². The minimum atomic E-state index is -1.07. The van der Waals surface area contributed by atoms with Crippen molar-refractivity contribution in [1.82, 2.24) is 4.90 Å². The quantitative estimate of drug-likeness (QED) is 0.743. The molecule has 1 fully saturated rings. The van der Waals surface area contributed by atoms with Gasteiger partial charge in [-0.2, -0.15) is 0 Å². The zero-order chi connectivity index (χ0) is 13.7. The van der Waals surface area contributed by atoms with Crippen molar-refractivity contribution in [2.75, 3.05) is 13.2 Å². The minimum Gasteiger partial charge on any atom is -0.480 e. The number of ether oxygens (including phenoxy) is 1. The number of Topliss-reactive ketones (excluding diaryl/α,β-unsaturated/α-hetero) is 1. The van der Waals surface area contributed by atoms with Crippen LogP contribution < -0.4 is 0 Å². The summed E-state index contributed by atoms with van der Waals surface area (Å²) >= 11 is 0. The Bertz CT molecular complexity index is 365. The predicted molar refractivity (Wildman–Crippen MR) is 63.1 cm³/mol. The molecule has 0 spiro atoms. The first-order valence-corrected chi connectivity index (χ1v) is 5.72. The van der Waals surface area contributed by atoms with E-state index >= 15 is 0 Å². The Morgan fingerprint density at radius 1 is 1.50 bits per heavy atom. The van der Waals surface area contributed by atoms with Gasteiger partial charge < -0.3 is 14.6 Å². The fourth-order valence-corrected chi connectivity index (χ4v) is 2.13. The molecule has 1 N–H and O–H groups in total. The van der Waals surface area contributed by atoms with Crippen molar-refractivity contribution in [1.29, 1.82) is 0 Å². The maximum atomic E-state index is 11.7. The van der Waals surface area contributed by atoms with Crippen LogP contribution in [-0.2, 0) is 14.3 Å². The number of hydrogen-bond acceptors (Lipinski definition) is 4. The van der Waals surface area contributed by atoms with Gasteiger partial charge in [-0.05, 0) is 19.3 Å². The molecule has 1 amide bonds. The van der Waals surface area contributed by atoms with Gasteiger partial charge in [0.2, 0.25) is 0 Å². The highest BCUT2D eigenvalue weighted by atomic mass is 16.6. The first-order chi connectivity index (χ1) is 8.45. The van der Waals surface area contributed by atoms with E-state index in [4.69, 9.17) is 9.84 Å². The number of aliphatic carboxylic acids is 1. The van der Waals surface area contributed by atoms with Gasteiger partial charge >= 0.3 is 12.1 Å². The molecule has 0 bridgehead atoms. The minimum absolute atomic E-state index is 0.00884. The van der Waals surface area contributed by atoms with Crippen molar-refractivity contribution < 1.29 is 24.2 Å². The second-order valence-corrected chi connectivity index (χ2v) is 4.38. The number of carbonyl (C=O) groups is 3. The van der Waals surface area contributed by atoms with E-state index < -0.39 is 18.1 Å². The van der Waals surface area contributed by atoms with Crippen LogP contribution >= 0.6 is 0 Å². The van der Waals surface area contributed by atoms with E-state index in [-0.39, 0.29) is 37.7 Å². The van der Waals surface area contributed by atoms with Crippen LogP contribution in [-0.4, -0.2) is 47.0 Å². The van der Waals surface area contributed by atoms with Gasteiger partial charge in [0.15, 0.2) is 0 Å². The normalized spacial score (nSPS) is 22.6. The molecule has 6 nitrogen and oxygen atoms in total. The largest absolute Gasteiger partial charge is 0.480 e. The molecule has 1 rings (SSSR count). The second kappa shape index (κ2) is 6.18.